The summed E-state index contributed by atoms with van der Waals surface area (Å²) in [7, 11) is 0. The average molecular weight is 468 g/mol. The molecule has 0 aliphatic heterocycles. The monoisotopic (exact) mass is 467 g/mol. The van der Waals surface area contributed by atoms with Gasteiger partial charge in [0.05, 0.1) is 12.5 Å². The van der Waals surface area contributed by atoms with Crippen molar-refractivity contribution in [3.8, 4) is 23.8 Å². The Morgan fingerprint density at radius 2 is 1.71 bits per heavy atom. The summed E-state index contributed by atoms with van der Waals surface area (Å²) in [6, 6.07) is 26.9. The lowest BCUT2D eigenvalue weighted by atomic mass is 10.1. The maximum absolute atomic E-state index is 13.0. The van der Waals surface area contributed by atoms with E-state index in [2.05, 4.69) is 23.5 Å². The SMILES string of the molecule is C#CC(OC(=O)[C@@H]1C(=CNOCCc2ccccc2)C1(C)C)c1cccc(Oc2ccccc2)c1. The molecule has 2 atom stereocenters. The highest BCUT2D eigenvalue weighted by atomic mass is 16.6. The van der Waals surface area contributed by atoms with Gasteiger partial charge in [0, 0.05) is 17.2 Å². The lowest BCUT2D eigenvalue weighted by molar-refractivity contribution is -0.148. The van der Waals surface area contributed by atoms with Gasteiger partial charge >= 0.3 is 5.97 Å². The number of benzene rings is 3. The van der Waals surface area contributed by atoms with Crippen molar-refractivity contribution in [1.82, 2.24) is 5.48 Å². The number of hydrogen-bond donors (Lipinski definition) is 1. The first-order valence-electron chi connectivity index (χ1n) is 11.6. The predicted octanol–water partition coefficient (Wildman–Crippen LogP) is 6.00. The second kappa shape index (κ2) is 10.9. The van der Waals surface area contributed by atoms with Crippen LogP contribution in [0, 0.1) is 23.7 Å². The molecule has 1 saturated carbocycles. The summed E-state index contributed by atoms with van der Waals surface area (Å²) >= 11 is 0. The molecule has 5 heteroatoms. The molecule has 1 fully saturated rings. The first kappa shape index (κ1) is 24.1. The largest absolute Gasteiger partial charge is 0.457 e. The number of hydroxylamine groups is 1. The van der Waals surface area contributed by atoms with Gasteiger partial charge in [-0.2, -0.15) is 0 Å². The van der Waals surface area contributed by atoms with Gasteiger partial charge < -0.3 is 9.47 Å². The highest BCUT2D eigenvalue weighted by Crippen LogP contribution is 2.58. The number of terminal acetylenes is 1. The van der Waals surface area contributed by atoms with Crippen LogP contribution in [0.3, 0.4) is 0 Å². The van der Waals surface area contributed by atoms with Crippen LogP contribution in [-0.2, 0) is 20.8 Å². The maximum Gasteiger partial charge on any atom is 0.315 e. The van der Waals surface area contributed by atoms with Crippen molar-refractivity contribution in [2.45, 2.75) is 26.4 Å². The van der Waals surface area contributed by atoms with Crippen LogP contribution >= 0.6 is 0 Å². The van der Waals surface area contributed by atoms with Crippen molar-refractivity contribution in [1.29, 1.82) is 0 Å². The van der Waals surface area contributed by atoms with Gasteiger partial charge in [0.2, 0.25) is 0 Å². The minimum absolute atomic E-state index is 0.329. The fourth-order valence-corrected chi connectivity index (χ4v) is 4.00. The van der Waals surface area contributed by atoms with Gasteiger partial charge in [-0.1, -0.05) is 80.4 Å². The fraction of sp³-hybridized carbons (Fsp3) is 0.233. The van der Waals surface area contributed by atoms with Crippen LogP contribution < -0.4 is 10.2 Å². The molecule has 1 aliphatic carbocycles. The number of ether oxygens (including phenoxy) is 2. The fourth-order valence-electron chi connectivity index (χ4n) is 4.00. The van der Waals surface area contributed by atoms with E-state index in [4.69, 9.17) is 20.7 Å². The summed E-state index contributed by atoms with van der Waals surface area (Å²) in [5, 5.41) is 0. The van der Waals surface area contributed by atoms with Crippen LogP contribution in [0.15, 0.2) is 96.7 Å². The normalized spacial score (nSPS) is 17.7. The van der Waals surface area contributed by atoms with Crippen LogP contribution in [0.5, 0.6) is 11.5 Å². The van der Waals surface area contributed by atoms with Crippen LogP contribution in [0.1, 0.15) is 31.1 Å². The molecule has 0 bridgehead atoms. The zero-order valence-electron chi connectivity index (χ0n) is 19.9. The Morgan fingerprint density at radius 1 is 1.03 bits per heavy atom. The summed E-state index contributed by atoms with van der Waals surface area (Å²) < 4.78 is 11.6. The van der Waals surface area contributed by atoms with Gasteiger partial charge in [-0.15, -0.1) is 6.42 Å². The zero-order valence-corrected chi connectivity index (χ0v) is 19.9. The van der Waals surface area contributed by atoms with E-state index in [-0.39, 0.29) is 17.3 Å². The Kier molecular flexibility index (Phi) is 7.54. The molecule has 178 valence electrons. The first-order chi connectivity index (χ1) is 17.0. The van der Waals surface area contributed by atoms with E-state index in [0.717, 1.165) is 12.0 Å². The zero-order chi connectivity index (χ0) is 24.7. The Labute approximate surface area is 206 Å². The molecule has 0 amide bonds. The van der Waals surface area contributed by atoms with Gasteiger partial charge in [0.25, 0.3) is 0 Å². The third kappa shape index (κ3) is 6.11. The molecule has 3 aromatic rings. The summed E-state index contributed by atoms with van der Waals surface area (Å²) in [5.41, 5.74) is 5.33. The predicted molar refractivity (Wildman–Crippen MR) is 135 cm³/mol. The maximum atomic E-state index is 13.0. The third-order valence-electron chi connectivity index (χ3n) is 6.09. The number of hydrogen-bond acceptors (Lipinski definition) is 5. The molecule has 4 rings (SSSR count). The molecule has 1 aliphatic rings. The lowest BCUT2D eigenvalue weighted by Gasteiger charge is -2.14. The molecular weight excluding hydrogens is 438 g/mol. The second-order valence-corrected chi connectivity index (χ2v) is 8.93. The Morgan fingerprint density at radius 3 is 2.43 bits per heavy atom. The van der Waals surface area contributed by atoms with E-state index in [1.54, 1.807) is 12.3 Å². The topological polar surface area (TPSA) is 56.8 Å². The van der Waals surface area contributed by atoms with Crippen molar-refractivity contribution in [3.05, 3.63) is 108 Å². The molecule has 5 nitrogen and oxygen atoms in total. The van der Waals surface area contributed by atoms with E-state index in [1.165, 1.54) is 5.56 Å². The van der Waals surface area contributed by atoms with Gasteiger partial charge in [0.15, 0.2) is 6.10 Å². The Balaban J connectivity index is 1.32. The van der Waals surface area contributed by atoms with Crippen molar-refractivity contribution < 1.29 is 19.1 Å². The highest BCUT2D eigenvalue weighted by molar-refractivity contribution is 5.84. The standard InChI is InChI=1S/C30H29NO4/c1-4-27(23-14-11-17-25(20-23)34-24-15-9-6-10-16-24)35-29(32)28-26(30(28,2)3)21-31-33-19-18-22-12-7-5-8-13-22/h1,5-17,20-21,27-28,31H,18-19H2,2-3H3/t27?,28-/m0/s1. The minimum atomic E-state index is -0.811. The molecule has 35 heavy (non-hydrogen) atoms. The molecular formula is C30H29NO4. The number of para-hydroxylation sites is 1. The van der Waals surface area contributed by atoms with E-state index < -0.39 is 6.10 Å². The van der Waals surface area contributed by atoms with Gasteiger partial charge in [-0.25, -0.2) is 0 Å². The van der Waals surface area contributed by atoms with E-state index in [1.807, 2.05) is 80.6 Å². The summed E-state index contributed by atoms with van der Waals surface area (Å²) in [6.45, 7) is 4.51. The summed E-state index contributed by atoms with van der Waals surface area (Å²) in [6.07, 6.45) is 7.46. The molecule has 1 unspecified atom stereocenters. The number of nitrogens with one attached hydrogen (secondary N) is 1. The average Bonchev–Trinajstić information content (AvgIpc) is 3.43. The second-order valence-electron chi connectivity index (χ2n) is 8.93. The van der Waals surface area contributed by atoms with Crippen LogP contribution in [0.2, 0.25) is 0 Å². The molecule has 0 aromatic heterocycles. The number of rotatable bonds is 10. The van der Waals surface area contributed by atoms with Crippen molar-refractivity contribution in [2.24, 2.45) is 11.3 Å². The van der Waals surface area contributed by atoms with Crippen molar-refractivity contribution >= 4 is 5.97 Å². The van der Waals surface area contributed by atoms with Crippen molar-refractivity contribution in [3.63, 3.8) is 0 Å². The van der Waals surface area contributed by atoms with E-state index in [0.29, 0.717) is 23.7 Å². The summed E-state index contributed by atoms with van der Waals surface area (Å²) in [5.74, 6) is 3.18. The molecule has 1 N–H and O–H groups in total. The molecule has 3 aromatic carbocycles. The Bertz CT molecular complexity index is 1210. The molecule has 0 spiro atoms. The number of carbonyl (C=O) groups is 1. The third-order valence-corrected chi connectivity index (χ3v) is 6.09. The first-order valence-corrected chi connectivity index (χ1v) is 11.6. The quantitative estimate of drug-likeness (QED) is 0.172. The van der Waals surface area contributed by atoms with E-state index >= 15 is 0 Å². The smallest absolute Gasteiger partial charge is 0.315 e. The Hall–Kier alpha value is -4.01. The summed E-state index contributed by atoms with van der Waals surface area (Å²) in [4.78, 5) is 18.5. The molecule has 0 saturated heterocycles. The van der Waals surface area contributed by atoms with Crippen LogP contribution in [0.25, 0.3) is 0 Å². The minimum Gasteiger partial charge on any atom is -0.457 e. The number of carbonyl (C=O) groups excluding carboxylic acids is 1. The van der Waals surface area contributed by atoms with Gasteiger partial charge in [-0.05, 0) is 41.8 Å². The molecule has 0 heterocycles. The van der Waals surface area contributed by atoms with Crippen molar-refractivity contribution in [2.75, 3.05) is 6.61 Å². The number of esters is 1. The highest BCUT2D eigenvalue weighted by Gasteiger charge is 2.58. The van der Waals surface area contributed by atoms with Crippen LogP contribution in [-0.4, -0.2) is 12.6 Å². The van der Waals surface area contributed by atoms with Gasteiger partial charge in [0.1, 0.15) is 11.5 Å². The van der Waals surface area contributed by atoms with Crippen LogP contribution in [0.4, 0.5) is 0 Å². The molecule has 0 radical (unpaired) electrons. The van der Waals surface area contributed by atoms with Gasteiger partial charge in [-0.3, -0.25) is 15.1 Å². The van der Waals surface area contributed by atoms with E-state index in [9.17, 15) is 4.79 Å². The lowest BCUT2D eigenvalue weighted by Crippen LogP contribution is -2.14.